The summed E-state index contributed by atoms with van der Waals surface area (Å²) in [4.78, 5) is 37.0. The molecule has 2 aromatic rings. The Morgan fingerprint density at radius 2 is 1.55 bits per heavy atom. The Hall–Kier alpha value is -3.35. The maximum atomic E-state index is 12.7. The summed E-state index contributed by atoms with van der Waals surface area (Å²) in [5.74, 6) is -1.40. The second-order valence-corrected chi connectivity index (χ2v) is 9.55. The lowest BCUT2D eigenvalue weighted by molar-refractivity contribution is -0.148. The third-order valence-electron chi connectivity index (χ3n) is 6.93. The Bertz CT molecular complexity index is 1030. The molecule has 2 aliphatic rings. The van der Waals surface area contributed by atoms with E-state index in [2.05, 4.69) is 22.8 Å². The number of rotatable bonds is 7. The Labute approximate surface area is 193 Å². The number of ether oxygens (including phenoxy) is 1. The SMILES string of the molecule is CC(C)(NC(=O)OCC1c2ccccc2-c2ccccc21)C(=O)NCC1(C(=O)O)CCCC1. The molecule has 7 nitrogen and oxygen atoms in total. The summed E-state index contributed by atoms with van der Waals surface area (Å²) in [6.07, 6.45) is 2.07. The third-order valence-corrected chi connectivity index (χ3v) is 6.93. The van der Waals surface area contributed by atoms with Crippen LogP contribution in [0.4, 0.5) is 4.79 Å². The first-order valence-electron chi connectivity index (χ1n) is 11.4. The number of alkyl carbamates (subject to hydrolysis) is 1. The van der Waals surface area contributed by atoms with E-state index in [9.17, 15) is 19.5 Å². The molecule has 2 aromatic carbocycles. The summed E-state index contributed by atoms with van der Waals surface area (Å²) in [6.45, 7) is 3.36. The fraction of sp³-hybridized carbons (Fsp3) is 0.423. The molecule has 2 aliphatic carbocycles. The Balaban J connectivity index is 1.36. The fourth-order valence-corrected chi connectivity index (χ4v) is 4.93. The summed E-state index contributed by atoms with van der Waals surface area (Å²) in [7, 11) is 0. The van der Waals surface area contributed by atoms with Gasteiger partial charge in [0.25, 0.3) is 0 Å². The van der Waals surface area contributed by atoms with E-state index in [0.717, 1.165) is 35.1 Å². The first kappa shape index (κ1) is 22.8. The van der Waals surface area contributed by atoms with Crippen LogP contribution in [0.2, 0.25) is 0 Å². The average molecular weight is 451 g/mol. The first-order chi connectivity index (χ1) is 15.7. The zero-order chi connectivity index (χ0) is 23.6. The predicted molar refractivity (Wildman–Crippen MR) is 124 cm³/mol. The summed E-state index contributed by atoms with van der Waals surface area (Å²) in [6, 6.07) is 16.1. The molecule has 2 amide bonds. The van der Waals surface area contributed by atoms with Crippen molar-refractivity contribution in [1.29, 1.82) is 0 Å². The van der Waals surface area contributed by atoms with Crippen molar-refractivity contribution in [3.8, 4) is 11.1 Å². The monoisotopic (exact) mass is 450 g/mol. The van der Waals surface area contributed by atoms with Gasteiger partial charge in [-0.1, -0.05) is 61.4 Å². The van der Waals surface area contributed by atoms with E-state index in [4.69, 9.17) is 4.74 Å². The minimum Gasteiger partial charge on any atom is -0.481 e. The minimum absolute atomic E-state index is 0.0525. The van der Waals surface area contributed by atoms with Crippen LogP contribution in [-0.4, -0.2) is 41.8 Å². The highest BCUT2D eigenvalue weighted by atomic mass is 16.5. The number of hydrogen-bond acceptors (Lipinski definition) is 4. The molecule has 1 saturated carbocycles. The molecule has 1 fully saturated rings. The Morgan fingerprint density at radius 3 is 2.09 bits per heavy atom. The van der Waals surface area contributed by atoms with Gasteiger partial charge in [-0.15, -0.1) is 0 Å². The number of carboxylic acids is 1. The second-order valence-electron chi connectivity index (χ2n) is 9.55. The van der Waals surface area contributed by atoms with Gasteiger partial charge in [0.05, 0.1) is 5.41 Å². The van der Waals surface area contributed by atoms with E-state index in [1.807, 2.05) is 36.4 Å². The largest absolute Gasteiger partial charge is 0.481 e. The molecule has 0 heterocycles. The van der Waals surface area contributed by atoms with Crippen LogP contribution in [-0.2, 0) is 14.3 Å². The van der Waals surface area contributed by atoms with Gasteiger partial charge in [-0.25, -0.2) is 4.79 Å². The molecular weight excluding hydrogens is 420 g/mol. The topological polar surface area (TPSA) is 105 Å². The van der Waals surface area contributed by atoms with Crippen LogP contribution >= 0.6 is 0 Å². The summed E-state index contributed by atoms with van der Waals surface area (Å²) < 4.78 is 5.54. The van der Waals surface area contributed by atoms with Gasteiger partial charge < -0.3 is 20.5 Å². The second kappa shape index (κ2) is 8.89. The smallest absolute Gasteiger partial charge is 0.408 e. The number of nitrogens with one attached hydrogen (secondary N) is 2. The standard InChI is InChI=1S/C26H30N2O5/c1-25(2,22(29)27-16-26(23(30)31)13-7-8-14-26)28-24(32)33-15-21-19-11-5-3-9-17(19)18-10-4-6-12-20(18)21/h3-6,9-12,21H,7-8,13-16H2,1-2H3,(H,27,29)(H,28,32)(H,30,31). The summed E-state index contributed by atoms with van der Waals surface area (Å²) >= 11 is 0. The van der Waals surface area contributed by atoms with E-state index < -0.39 is 28.9 Å². The highest BCUT2D eigenvalue weighted by Crippen LogP contribution is 2.44. The molecule has 0 saturated heterocycles. The van der Waals surface area contributed by atoms with Crippen LogP contribution in [0.25, 0.3) is 11.1 Å². The zero-order valence-electron chi connectivity index (χ0n) is 19.0. The Morgan fingerprint density at radius 1 is 1.00 bits per heavy atom. The fourth-order valence-electron chi connectivity index (χ4n) is 4.93. The molecule has 0 spiro atoms. The van der Waals surface area contributed by atoms with Gasteiger partial charge in [0.15, 0.2) is 0 Å². The van der Waals surface area contributed by atoms with Crippen molar-refractivity contribution in [2.24, 2.45) is 5.41 Å². The molecule has 0 radical (unpaired) electrons. The molecule has 0 aliphatic heterocycles. The van der Waals surface area contributed by atoms with Crippen molar-refractivity contribution in [3.63, 3.8) is 0 Å². The lowest BCUT2D eigenvalue weighted by atomic mass is 9.86. The van der Waals surface area contributed by atoms with Gasteiger partial charge in [-0.3, -0.25) is 9.59 Å². The molecule has 0 aromatic heterocycles. The van der Waals surface area contributed by atoms with Crippen molar-refractivity contribution in [3.05, 3.63) is 59.7 Å². The van der Waals surface area contributed by atoms with Crippen molar-refractivity contribution < 1.29 is 24.2 Å². The van der Waals surface area contributed by atoms with Gasteiger partial charge in [-0.2, -0.15) is 0 Å². The van der Waals surface area contributed by atoms with Crippen LogP contribution in [0.1, 0.15) is 56.6 Å². The van der Waals surface area contributed by atoms with E-state index in [0.29, 0.717) is 12.8 Å². The molecule has 174 valence electrons. The molecule has 33 heavy (non-hydrogen) atoms. The number of amides is 2. The lowest BCUT2D eigenvalue weighted by Gasteiger charge is -2.29. The Kier molecular flexibility index (Phi) is 6.15. The van der Waals surface area contributed by atoms with Crippen molar-refractivity contribution in [1.82, 2.24) is 10.6 Å². The summed E-state index contributed by atoms with van der Waals surface area (Å²) in [5, 5.41) is 14.9. The van der Waals surface area contributed by atoms with Crippen LogP contribution < -0.4 is 10.6 Å². The van der Waals surface area contributed by atoms with E-state index >= 15 is 0 Å². The number of hydrogen-bond donors (Lipinski definition) is 3. The zero-order valence-corrected chi connectivity index (χ0v) is 19.0. The van der Waals surface area contributed by atoms with Crippen LogP contribution in [0.15, 0.2) is 48.5 Å². The quantitative estimate of drug-likeness (QED) is 0.590. The molecule has 4 rings (SSSR count). The summed E-state index contributed by atoms with van der Waals surface area (Å²) in [5.41, 5.74) is 2.33. The maximum absolute atomic E-state index is 12.7. The molecular formula is C26H30N2O5. The number of fused-ring (bicyclic) bond motifs is 3. The highest BCUT2D eigenvalue weighted by molar-refractivity contribution is 5.89. The van der Waals surface area contributed by atoms with Crippen molar-refractivity contribution in [2.75, 3.05) is 13.2 Å². The number of benzene rings is 2. The predicted octanol–water partition coefficient (Wildman–Crippen LogP) is 4.06. The van der Waals surface area contributed by atoms with Crippen molar-refractivity contribution >= 4 is 18.0 Å². The number of carboxylic acid groups (broad SMARTS) is 1. The van der Waals surface area contributed by atoms with Crippen LogP contribution in [0.3, 0.4) is 0 Å². The molecule has 0 atom stereocenters. The van der Waals surface area contributed by atoms with Gasteiger partial charge in [-0.05, 0) is 48.9 Å². The van der Waals surface area contributed by atoms with Gasteiger partial charge in [0, 0.05) is 12.5 Å². The maximum Gasteiger partial charge on any atom is 0.408 e. The van der Waals surface area contributed by atoms with E-state index in [1.165, 1.54) is 0 Å². The molecule has 7 heteroatoms. The van der Waals surface area contributed by atoms with Gasteiger partial charge in [0.2, 0.25) is 5.91 Å². The number of aliphatic carboxylic acids is 1. The van der Waals surface area contributed by atoms with E-state index in [-0.39, 0.29) is 19.1 Å². The third kappa shape index (κ3) is 4.45. The number of carbonyl (C=O) groups excluding carboxylic acids is 2. The molecule has 0 bridgehead atoms. The van der Waals surface area contributed by atoms with Gasteiger partial charge in [0.1, 0.15) is 12.1 Å². The van der Waals surface area contributed by atoms with Crippen LogP contribution in [0, 0.1) is 5.41 Å². The normalized spacial score (nSPS) is 16.5. The minimum atomic E-state index is -1.25. The molecule has 0 unspecified atom stereocenters. The first-order valence-corrected chi connectivity index (χ1v) is 11.4. The van der Waals surface area contributed by atoms with Crippen LogP contribution in [0.5, 0.6) is 0 Å². The van der Waals surface area contributed by atoms with Gasteiger partial charge >= 0.3 is 12.1 Å². The average Bonchev–Trinajstić information content (AvgIpc) is 3.40. The molecule has 3 N–H and O–H groups in total. The van der Waals surface area contributed by atoms with E-state index in [1.54, 1.807) is 13.8 Å². The lowest BCUT2D eigenvalue weighted by Crippen LogP contribution is -2.56. The highest BCUT2D eigenvalue weighted by Gasteiger charge is 2.42. The van der Waals surface area contributed by atoms with Crippen molar-refractivity contribution in [2.45, 2.75) is 51.0 Å². The number of carbonyl (C=O) groups is 3.